The quantitative estimate of drug-likeness (QED) is 0.242. The van der Waals surface area contributed by atoms with Crippen LogP contribution in [0.15, 0.2) is 60.0 Å². The van der Waals surface area contributed by atoms with Gasteiger partial charge in [-0.05, 0) is 53.5 Å². The molecule has 0 saturated carbocycles. The number of hydrogen-bond acceptors (Lipinski definition) is 4. The molecule has 0 fully saturated rings. The average molecular weight is 517 g/mol. The number of halogens is 1. The van der Waals surface area contributed by atoms with Gasteiger partial charge in [0, 0.05) is 11.5 Å². The Hall–Kier alpha value is -2.19. The maximum Gasteiger partial charge on any atom is 0.341 e. The summed E-state index contributed by atoms with van der Waals surface area (Å²) in [6.07, 6.45) is 3.11. The van der Waals surface area contributed by atoms with Crippen molar-refractivity contribution in [2.45, 2.75) is 25.2 Å². The van der Waals surface area contributed by atoms with Crippen molar-refractivity contribution in [2.24, 2.45) is 0 Å². The van der Waals surface area contributed by atoms with Crippen molar-refractivity contribution >= 4 is 51.1 Å². The van der Waals surface area contributed by atoms with Crippen molar-refractivity contribution < 1.29 is 14.3 Å². The molecule has 0 N–H and O–H groups in total. The molecule has 1 aliphatic carbocycles. The maximum absolute atomic E-state index is 13.0. The first-order valence-corrected chi connectivity index (χ1v) is 11.3. The third-order valence-electron chi connectivity index (χ3n) is 5.31. The van der Waals surface area contributed by atoms with E-state index in [1.807, 2.05) is 52.5 Å². The van der Waals surface area contributed by atoms with E-state index in [1.165, 1.54) is 32.7 Å². The number of thiophene rings is 1. The Balaban J connectivity index is 1.77. The molecule has 4 rings (SSSR count). The molecule has 1 atom stereocenters. The molecule has 3 aromatic rings. The Kier molecular flexibility index (Phi) is 6.01. The summed E-state index contributed by atoms with van der Waals surface area (Å²) in [6, 6.07) is 17.5. The summed E-state index contributed by atoms with van der Waals surface area (Å²) in [4.78, 5) is 25.7. The second kappa shape index (κ2) is 8.67. The first-order chi connectivity index (χ1) is 14.1. The van der Waals surface area contributed by atoms with Gasteiger partial charge in [-0.25, -0.2) is 7.91 Å². The van der Waals surface area contributed by atoms with Crippen LogP contribution in [0.25, 0.3) is 0 Å². The van der Waals surface area contributed by atoms with E-state index in [0.29, 0.717) is 16.1 Å². The number of carbonyl (C=O) groups excluding carboxylic acids is 2. The number of amides is 1. The van der Waals surface area contributed by atoms with Crippen molar-refractivity contribution in [3.8, 4) is 0 Å². The van der Waals surface area contributed by atoms with Gasteiger partial charge in [-0.15, -0.1) is 11.3 Å². The summed E-state index contributed by atoms with van der Waals surface area (Å²) in [5.41, 5.74) is 4.63. The third kappa shape index (κ3) is 3.83. The lowest BCUT2D eigenvalue weighted by atomic mass is 9.78. The monoisotopic (exact) mass is 517 g/mol. The van der Waals surface area contributed by atoms with Crippen molar-refractivity contribution in [3.05, 3.63) is 87.8 Å². The van der Waals surface area contributed by atoms with Gasteiger partial charge in [0.25, 0.3) is 5.91 Å². The van der Waals surface area contributed by atoms with Gasteiger partial charge in [0.1, 0.15) is 5.00 Å². The second-order valence-electron chi connectivity index (χ2n) is 6.96. The van der Waals surface area contributed by atoms with Crippen molar-refractivity contribution in [3.63, 3.8) is 0 Å². The van der Waals surface area contributed by atoms with Gasteiger partial charge in [0.05, 0.1) is 35.5 Å². The number of rotatable bonds is 4. The molecule has 1 heterocycles. The van der Waals surface area contributed by atoms with Gasteiger partial charge in [0.2, 0.25) is 0 Å². The fourth-order valence-electron chi connectivity index (χ4n) is 3.93. The molecule has 4 nitrogen and oxygen atoms in total. The first-order valence-electron chi connectivity index (χ1n) is 9.44. The summed E-state index contributed by atoms with van der Waals surface area (Å²) < 4.78 is 6.65. The molecule has 0 spiro atoms. The Morgan fingerprint density at radius 2 is 1.79 bits per heavy atom. The van der Waals surface area contributed by atoms with Crippen LogP contribution in [0.4, 0.5) is 5.00 Å². The van der Waals surface area contributed by atoms with E-state index in [1.54, 1.807) is 12.1 Å². The fourth-order valence-corrected chi connectivity index (χ4v) is 5.81. The van der Waals surface area contributed by atoms with Crippen LogP contribution in [0, 0.1) is 0 Å². The molecular weight excluding hydrogens is 497 g/mol. The summed E-state index contributed by atoms with van der Waals surface area (Å²) in [7, 11) is 1.39. The van der Waals surface area contributed by atoms with E-state index < -0.39 is 5.97 Å². The predicted octanol–water partition coefficient (Wildman–Crippen LogP) is 6.00. The molecule has 6 heteroatoms. The van der Waals surface area contributed by atoms with Gasteiger partial charge in [-0.3, -0.25) is 4.79 Å². The summed E-state index contributed by atoms with van der Waals surface area (Å²) in [5.74, 6) is -0.425. The zero-order chi connectivity index (χ0) is 20.4. The summed E-state index contributed by atoms with van der Waals surface area (Å²) in [5, 5.41) is 2.63. The van der Waals surface area contributed by atoms with Gasteiger partial charge in [-0.1, -0.05) is 42.5 Å². The minimum atomic E-state index is -0.401. The van der Waals surface area contributed by atoms with Gasteiger partial charge < -0.3 is 4.74 Å². The normalized spacial score (nSPS) is 15.4. The van der Waals surface area contributed by atoms with Crippen molar-refractivity contribution in [1.82, 2.24) is 0 Å². The molecular formula is C23H20INO3S. The molecule has 0 aliphatic heterocycles. The number of aryl methyl sites for hydroxylation is 1. The van der Waals surface area contributed by atoms with E-state index in [2.05, 4.69) is 18.2 Å². The number of esters is 1. The van der Waals surface area contributed by atoms with E-state index >= 15 is 0 Å². The molecule has 29 heavy (non-hydrogen) atoms. The van der Waals surface area contributed by atoms with Crippen LogP contribution < -0.4 is 3.11 Å². The smallest absolute Gasteiger partial charge is 0.341 e. The topological polar surface area (TPSA) is 46.6 Å². The number of methoxy groups -OCH3 is 1. The number of hydrogen-bond donors (Lipinski definition) is 0. The lowest BCUT2D eigenvalue weighted by molar-refractivity contribution is 0.0600. The highest BCUT2D eigenvalue weighted by atomic mass is 127. The number of nitrogens with zero attached hydrogens (tertiary/aromatic N) is 1. The highest BCUT2D eigenvalue weighted by Gasteiger charge is 2.32. The molecule has 1 aromatic heterocycles. The SMILES string of the molecule is COC(=O)c1c(C2CCCc3ccccc32)csc1N(I)C(=O)c1ccccc1. The number of benzene rings is 2. The highest BCUT2D eigenvalue weighted by molar-refractivity contribution is 14.1. The van der Waals surface area contributed by atoms with Crippen molar-refractivity contribution in [2.75, 3.05) is 10.2 Å². The van der Waals surface area contributed by atoms with Crippen LogP contribution in [0.2, 0.25) is 0 Å². The lowest BCUT2D eigenvalue weighted by Crippen LogP contribution is -2.22. The minimum absolute atomic E-state index is 0.135. The minimum Gasteiger partial charge on any atom is -0.465 e. The van der Waals surface area contributed by atoms with Crippen LogP contribution in [-0.4, -0.2) is 19.0 Å². The van der Waals surface area contributed by atoms with Crippen LogP contribution >= 0.6 is 34.2 Å². The van der Waals surface area contributed by atoms with Gasteiger partial charge in [0.15, 0.2) is 0 Å². The highest BCUT2D eigenvalue weighted by Crippen LogP contribution is 2.44. The number of carbonyl (C=O) groups is 2. The first kappa shape index (κ1) is 20.1. The summed E-state index contributed by atoms with van der Waals surface area (Å²) in [6.45, 7) is 0. The lowest BCUT2D eigenvalue weighted by Gasteiger charge is -2.26. The molecule has 0 radical (unpaired) electrons. The second-order valence-corrected chi connectivity index (χ2v) is 8.78. The van der Waals surface area contributed by atoms with E-state index in [0.717, 1.165) is 24.8 Å². The molecule has 1 aliphatic rings. The third-order valence-corrected chi connectivity index (χ3v) is 7.54. The predicted molar refractivity (Wildman–Crippen MR) is 124 cm³/mol. The number of anilines is 1. The van der Waals surface area contributed by atoms with E-state index in [9.17, 15) is 9.59 Å². The van der Waals surface area contributed by atoms with Crippen LogP contribution in [0.5, 0.6) is 0 Å². The zero-order valence-electron chi connectivity index (χ0n) is 15.9. The molecule has 0 bridgehead atoms. The zero-order valence-corrected chi connectivity index (χ0v) is 18.9. The molecule has 1 unspecified atom stereocenters. The van der Waals surface area contributed by atoms with Crippen LogP contribution in [0.3, 0.4) is 0 Å². The number of fused-ring (bicyclic) bond motifs is 1. The van der Waals surface area contributed by atoms with Gasteiger partial charge in [-0.2, -0.15) is 0 Å². The van der Waals surface area contributed by atoms with Crippen LogP contribution in [-0.2, 0) is 11.2 Å². The molecule has 2 aromatic carbocycles. The van der Waals surface area contributed by atoms with Gasteiger partial charge >= 0.3 is 5.97 Å². The maximum atomic E-state index is 13.0. The number of ether oxygens (including phenoxy) is 1. The summed E-state index contributed by atoms with van der Waals surface area (Å²) >= 11 is 3.40. The van der Waals surface area contributed by atoms with Crippen molar-refractivity contribution in [1.29, 1.82) is 0 Å². The Morgan fingerprint density at radius 1 is 1.07 bits per heavy atom. The Bertz CT molecular complexity index is 1050. The molecule has 0 saturated heterocycles. The largest absolute Gasteiger partial charge is 0.465 e. The Labute approximate surface area is 188 Å². The van der Waals surface area contributed by atoms with E-state index in [-0.39, 0.29) is 11.8 Å². The standard InChI is InChI=1S/C23H20INO3S/c1-28-23(27)20-19(18-13-7-11-15-8-5-6-12-17(15)18)14-29-22(20)25(24)21(26)16-9-3-2-4-10-16/h2-6,8-10,12,14,18H,7,11,13H2,1H3. The van der Waals surface area contributed by atoms with E-state index in [4.69, 9.17) is 4.74 Å². The Morgan fingerprint density at radius 3 is 2.55 bits per heavy atom. The fraction of sp³-hybridized carbons (Fsp3) is 0.217. The van der Waals surface area contributed by atoms with Crippen LogP contribution in [0.1, 0.15) is 56.2 Å². The molecule has 148 valence electrons. The molecule has 1 amide bonds. The average Bonchev–Trinajstić information content (AvgIpc) is 3.22.